The van der Waals surface area contributed by atoms with Gasteiger partial charge in [-0.15, -0.1) is 0 Å². The van der Waals surface area contributed by atoms with Gasteiger partial charge in [0.2, 0.25) is 0 Å². The lowest BCUT2D eigenvalue weighted by molar-refractivity contribution is 0.477. The van der Waals surface area contributed by atoms with Crippen LogP contribution in [0.25, 0.3) is 34.7 Å². The summed E-state index contributed by atoms with van der Waals surface area (Å²) in [5.41, 5.74) is 6.54. The van der Waals surface area contributed by atoms with Crippen molar-refractivity contribution in [3.05, 3.63) is 136 Å². The van der Waals surface area contributed by atoms with Crippen molar-refractivity contribution >= 4 is 40.6 Å². The van der Waals surface area contributed by atoms with Gasteiger partial charge in [0.15, 0.2) is 11.5 Å². The first-order chi connectivity index (χ1) is 18.7. The Bertz CT molecular complexity index is 2040. The molecule has 1 aliphatic rings. The fourth-order valence-corrected chi connectivity index (χ4v) is 5.45. The molecule has 0 unspecified atom stereocenters. The Morgan fingerprint density at radius 3 is 2.26 bits per heavy atom. The van der Waals surface area contributed by atoms with Crippen molar-refractivity contribution in [3.8, 4) is 22.6 Å². The SMILES string of the molecule is C=c1cccc/c1=c1/c(=C\C)[nH]c2ccc(-c3ccc4c(c3)N(c3ccccc3)c3ccccc3O4)cc12. The Morgan fingerprint density at radius 1 is 0.711 bits per heavy atom. The van der Waals surface area contributed by atoms with E-state index >= 15 is 0 Å². The summed E-state index contributed by atoms with van der Waals surface area (Å²) in [6.07, 6.45) is 2.13. The molecule has 38 heavy (non-hydrogen) atoms. The van der Waals surface area contributed by atoms with Gasteiger partial charge in [0, 0.05) is 27.2 Å². The zero-order chi connectivity index (χ0) is 25.6. The number of hydrogen-bond acceptors (Lipinski definition) is 2. The summed E-state index contributed by atoms with van der Waals surface area (Å²) in [6, 6.07) is 40.1. The number of anilines is 3. The Balaban J connectivity index is 1.46. The van der Waals surface area contributed by atoms with Crippen LogP contribution in [0.3, 0.4) is 0 Å². The highest BCUT2D eigenvalue weighted by molar-refractivity contribution is 5.90. The number of fused-ring (bicyclic) bond motifs is 3. The predicted molar refractivity (Wildman–Crippen MR) is 158 cm³/mol. The highest BCUT2D eigenvalue weighted by Gasteiger charge is 2.26. The third kappa shape index (κ3) is 3.52. The minimum atomic E-state index is 0.841. The monoisotopic (exact) mass is 490 g/mol. The Kier molecular flexibility index (Phi) is 5.15. The largest absolute Gasteiger partial charge is 0.453 e. The van der Waals surface area contributed by atoms with Gasteiger partial charge in [-0.3, -0.25) is 0 Å². The molecule has 3 heteroatoms. The fraction of sp³-hybridized carbons (Fsp3) is 0.0286. The molecule has 0 radical (unpaired) electrons. The van der Waals surface area contributed by atoms with E-state index in [1.54, 1.807) is 0 Å². The van der Waals surface area contributed by atoms with Crippen LogP contribution in [0.1, 0.15) is 6.92 Å². The summed E-state index contributed by atoms with van der Waals surface area (Å²) in [5, 5.41) is 5.65. The third-order valence-corrected chi connectivity index (χ3v) is 7.28. The van der Waals surface area contributed by atoms with E-state index < -0.39 is 0 Å². The lowest BCUT2D eigenvalue weighted by Crippen LogP contribution is -2.15. The Morgan fingerprint density at radius 2 is 1.42 bits per heavy atom. The van der Waals surface area contributed by atoms with E-state index in [-0.39, 0.29) is 0 Å². The summed E-state index contributed by atoms with van der Waals surface area (Å²) >= 11 is 0. The number of para-hydroxylation sites is 3. The van der Waals surface area contributed by atoms with Gasteiger partial charge in [0.25, 0.3) is 0 Å². The summed E-state index contributed by atoms with van der Waals surface area (Å²) in [7, 11) is 0. The molecule has 0 spiro atoms. The van der Waals surface area contributed by atoms with Crippen LogP contribution in [-0.4, -0.2) is 4.98 Å². The van der Waals surface area contributed by atoms with Crippen molar-refractivity contribution < 1.29 is 4.74 Å². The number of nitrogens with one attached hydrogen (secondary N) is 1. The van der Waals surface area contributed by atoms with Crippen molar-refractivity contribution in [2.45, 2.75) is 6.92 Å². The van der Waals surface area contributed by atoms with Gasteiger partial charge in [0.05, 0.1) is 11.4 Å². The maximum atomic E-state index is 6.34. The molecule has 1 aromatic heterocycles. The number of benzene rings is 5. The second-order valence-corrected chi connectivity index (χ2v) is 9.54. The number of hydrogen-bond donors (Lipinski definition) is 1. The molecule has 1 N–H and O–H groups in total. The predicted octanol–water partition coefficient (Wildman–Crippen LogP) is 7.91. The lowest BCUT2D eigenvalue weighted by Gasteiger charge is -2.33. The molecule has 182 valence electrons. The summed E-state index contributed by atoms with van der Waals surface area (Å²) < 4.78 is 6.34. The number of aromatic amines is 1. The molecular formula is C35H26N2O. The average Bonchev–Trinajstić information content (AvgIpc) is 3.34. The van der Waals surface area contributed by atoms with Crippen molar-refractivity contribution in [2.24, 2.45) is 0 Å². The van der Waals surface area contributed by atoms with Gasteiger partial charge >= 0.3 is 0 Å². The van der Waals surface area contributed by atoms with Gasteiger partial charge in [-0.2, -0.15) is 0 Å². The van der Waals surface area contributed by atoms with E-state index in [9.17, 15) is 0 Å². The summed E-state index contributed by atoms with van der Waals surface area (Å²) in [4.78, 5) is 5.87. The van der Waals surface area contributed by atoms with Gasteiger partial charge in [-0.1, -0.05) is 79.4 Å². The first-order valence-corrected chi connectivity index (χ1v) is 12.8. The van der Waals surface area contributed by atoms with Crippen LogP contribution >= 0.6 is 0 Å². The lowest BCUT2D eigenvalue weighted by atomic mass is 10.0. The third-order valence-electron chi connectivity index (χ3n) is 7.28. The standard InChI is InChI=1S/C35H26N2O/c1-3-29-35(27-14-8-7-11-23(27)2)28-21-24(17-19-30(28)36-29)25-18-20-34-32(22-25)37(26-12-5-4-6-13-26)31-15-9-10-16-33(31)38-34/h3-22,36H,2H2,1H3/b29-3+,35-27-. The maximum absolute atomic E-state index is 6.34. The van der Waals surface area contributed by atoms with Crippen molar-refractivity contribution in [2.75, 3.05) is 4.90 Å². The van der Waals surface area contributed by atoms with Gasteiger partial charge in [-0.05, 0) is 77.0 Å². The summed E-state index contributed by atoms with van der Waals surface area (Å²) in [6.45, 7) is 6.37. The zero-order valence-electron chi connectivity index (χ0n) is 21.1. The zero-order valence-corrected chi connectivity index (χ0v) is 21.1. The molecule has 0 bridgehead atoms. The molecule has 0 fully saturated rings. The van der Waals surface area contributed by atoms with E-state index in [0.29, 0.717) is 0 Å². The van der Waals surface area contributed by atoms with Crippen LogP contribution in [0.5, 0.6) is 11.5 Å². The number of rotatable bonds is 2. The first kappa shape index (κ1) is 22.2. The van der Waals surface area contributed by atoms with Crippen molar-refractivity contribution in [1.29, 1.82) is 0 Å². The molecule has 2 heterocycles. The smallest absolute Gasteiger partial charge is 0.151 e. The highest BCUT2D eigenvalue weighted by atomic mass is 16.5. The van der Waals surface area contributed by atoms with E-state index in [4.69, 9.17) is 4.74 Å². The normalized spacial score (nSPS) is 13.7. The Labute approximate surface area is 220 Å². The second kappa shape index (κ2) is 8.82. The molecule has 0 atom stereocenters. The van der Waals surface area contributed by atoms with E-state index in [1.807, 2.05) is 24.3 Å². The van der Waals surface area contributed by atoms with E-state index in [0.717, 1.165) is 61.0 Å². The molecule has 7 rings (SSSR count). The number of nitrogens with zero attached hydrogens (tertiary/aromatic N) is 1. The van der Waals surface area contributed by atoms with E-state index in [1.165, 1.54) is 10.6 Å². The number of ether oxygens (including phenoxy) is 1. The molecule has 0 saturated heterocycles. The second-order valence-electron chi connectivity index (χ2n) is 9.54. The van der Waals surface area contributed by atoms with Crippen LogP contribution in [0, 0.1) is 10.4 Å². The van der Waals surface area contributed by atoms with E-state index in [2.05, 4.69) is 120 Å². The fourth-order valence-electron chi connectivity index (χ4n) is 5.45. The molecule has 0 saturated carbocycles. The minimum absolute atomic E-state index is 0.841. The average molecular weight is 491 g/mol. The highest BCUT2D eigenvalue weighted by Crippen LogP contribution is 2.51. The van der Waals surface area contributed by atoms with Gasteiger partial charge < -0.3 is 14.6 Å². The van der Waals surface area contributed by atoms with Crippen LogP contribution in [0.15, 0.2) is 115 Å². The van der Waals surface area contributed by atoms with Crippen molar-refractivity contribution in [1.82, 2.24) is 4.98 Å². The number of aromatic nitrogens is 1. The molecule has 6 aromatic rings. The quantitative estimate of drug-likeness (QED) is 0.267. The van der Waals surface area contributed by atoms with Gasteiger partial charge in [-0.25, -0.2) is 0 Å². The van der Waals surface area contributed by atoms with Crippen LogP contribution in [0.2, 0.25) is 0 Å². The van der Waals surface area contributed by atoms with Crippen LogP contribution in [0.4, 0.5) is 17.1 Å². The van der Waals surface area contributed by atoms with Crippen molar-refractivity contribution in [3.63, 3.8) is 0 Å². The van der Waals surface area contributed by atoms with Gasteiger partial charge in [0.1, 0.15) is 0 Å². The maximum Gasteiger partial charge on any atom is 0.151 e. The molecule has 0 aliphatic carbocycles. The first-order valence-electron chi connectivity index (χ1n) is 12.8. The molecule has 5 aromatic carbocycles. The Hall–Kier alpha value is -5.02. The topological polar surface area (TPSA) is 28.3 Å². The molecule has 1 aliphatic heterocycles. The number of H-pyrrole nitrogens is 1. The summed E-state index contributed by atoms with van der Waals surface area (Å²) in [5.74, 6) is 1.69. The molecule has 0 amide bonds. The minimum Gasteiger partial charge on any atom is -0.453 e. The van der Waals surface area contributed by atoms with Crippen LogP contribution < -0.4 is 20.2 Å². The molecule has 3 nitrogen and oxygen atoms in total. The molecular weight excluding hydrogens is 464 g/mol. The van der Waals surface area contributed by atoms with Crippen LogP contribution in [-0.2, 0) is 0 Å².